The Balaban J connectivity index is 1.83. The van der Waals surface area contributed by atoms with E-state index in [2.05, 4.69) is 10.6 Å². The van der Waals surface area contributed by atoms with E-state index in [-0.39, 0.29) is 30.6 Å². The number of hydrogen-bond acceptors (Lipinski definition) is 3. The molecule has 104 valence electrons. The highest BCUT2D eigenvalue weighted by Gasteiger charge is 2.47. The molecule has 5 atom stereocenters. The number of amides is 2. The molecule has 0 spiro atoms. The van der Waals surface area contributed by atoms with Crippen molar-refractivity contribution < 1.29 is 9.90 Å². The Labute approximate surface area is 113 Å². The minimum atomic E-state index is -0.0763. The van der Waals surface area contributed by atoms with Gasteiger partial charge in [0.1, 0.15) is 0 Å². The Morgan fingerprint density at radius 1 is 1.44 bits per heavy atom. The normalized spacial score (nSPS) is 35.5. The van der Waals surface area contributed by atoms with E-state index in [9.17, 15) is 9.90 Å². The fraction of sp³-hybridized carbons (Fsp3) is 0.923. The maximum atomic E-state index is 11.9. The number of thioether (sulfide) groups is 1. The van der Waals surface area contributed by atoms with Gasteiger partial charge in [0.25, 0.3) is 0 Å². The van der Waals surface area contributed by atoms with Crippen molar-refractivity contribution in [2.45, 2.75) is 38.3 Å². The van der Waals surface area contributed by atoms with Gasteiger partial charge in [-0.15, -0.1) is 0 Å². The van der Waals surface area contributed by atoms with Crippen molar-refractivity contribution in [3.63, 3.8) is 0 Å². The summed E-state index contributed by atoms with van der Waals surface area (Å²) in [6, 6.07) is 0.286. The zero-order valence-corrected chi connectivity index (χ0v) is 12.0. The first kappa shape index (κ1) is 14.0. The lowest BCUT2D eigenvalue weighted by Gasteiger charge is -2.30. The van der Waals surface area contributed by atoms with E-state index in [0.717, 1.165) is 5.75 Å². The molecule has 0 aliphatic heterocycles. The second-order valence-corrected chi connectivity index (χ2v) is 6.59. The number of fused-ring (bicyclic) bond motifs is 2. The molecule has 0 saturated heterocycles. The monoisotopic (exact) mass is 272 g/mol. The molecule has 2 amide bonds. The van der Waals surface area contributed by atoms with E-state index in [1.54, 1.807) is 11.8 Å². The van der Waals surface area contributed by atoms with Gasteiger partial charge in [-0.25, -0.2) is 4.79 Å². The number of rotatable bonds is 5. The van der Waals surface area contributed by atoms with Crippen molar-refractivity contribution in [3.8, 4) is 0 Å². The average molecular weight is 272 g/mol. The second kappa shape index (κ2) is 6.15. The molecular weight excluding hydrogens is 248 g/mol. The van der Waals surface area contributed by atoms with Gasteiger partial charge < -0.3 is 15.7 Å². The van der Waals surface area contributed by atoms with Gasteiger partial charge in [-0.2, -0.15) is 11.8 Å². The first-order valence-corrected chi connectivity index (χ1v) is 8.22. The Bertz CT molecular complexity index is 301. The van der Waals surface area contributed by atoms with Crippen molar-refractivity contribution in [2.24, 2.45) is 17.8 Å². The van der Waals surface area contributed by atoms with Gasteiger partial charge in [-0.1, -0.05) is 0 Å². The molecule has 2 saturated carbocycles. The largest absolute Gasteiger partial charge is 0.396 e. The molecule has 2 rings (SSSR count). The van der Waals surface area contributed by atoms with Crippen LogP contribution >= 0.6 is 11.8 Å². The van der Waals surface area contributed by atoms with Crippen molar-refractivity contribution in [2.75, 3.05) is 18.6 Å². The Hall–Kier alpha value is -0.420. The van der Waals surface area contributed by atoms with E-state index < -0.39 is 0 Å². The summed E-state index contributed by atoms with van der Waals surface area (Å²) in [6.45, 7) is 2.22. The summed E-state index contributed by atoms with van der Waals surface area (Å²) in [5, 5.41) is 15.5. The van der Waals surface area contributed by atoms with Crippen molar-refractivity contribution >= 4 is 17.8 Å². The summed E-state index contributed by atoms with van der Waals surface area (Å²) >= 11 is 1.73. The van der Waals surface area contributed by atoms with Gasteiger partial charge in [0.2, 0.25) is 0 Å². The average Bonchev–Trinajstić information content (AvgIpc) is 2.89. The summed E-state index contributed by atoms with van der Waals surface area (Å²) in [5.74, 6) is 2.39. The standard InChI is InChI=1S/C13H24N2O2S/c1-8(7-18-2)14-13(17)15-12-10-4-3-9(5-10)11(12)6-16/h8-12,16H,3-7H2,1-2H3,(H2,14,15,17). The van der Waals surface area contributed by atoms with Crippen molar-refractivity contribution in [1.82, 2.24) is 10.6 Å². The number of carbonyl (C=O) groups is 1. The minimum absolute atomic E-state index is 0.0763. The quantitative estimate of drug-likeness (QED) is 0.710. The van der Waals surface area contributed by atoms with Crippen LogP contribution < -0.4 is 10.6 Å². The van der Waals surface area contributed by atoms with E-state index in [1.165, 1.54) is 19.3 Å². The Morgan fingerprint density at radius 3 is 2.83 bits per heavy atom. The van der Waals surface area contributed by atoms with Crippen LogP contribution in [0, 0.1) is 17.8 Å². The second-order valence-electron chi connectivity index (χ2n) is 5.68. The first-order valence-electron chi connectivity index (χ1n) is 6.82. The molecule has 5 unspecified atom stereocenters. The van der Waals surface area contributed by atoms with E-state index in [4.69, 9.17) is 0 Å². The summed E-state index contributed by atoms with van der Waals surface area (Å²) < 4.78 is 0. The highest BCUT2D eigenvalue weighted by molar-refractivity contribution is 7.98. The molecule has 5 heteroatoms. The maximum absolute atomic E-state index is 11.9. The van der Waals surface area contributed by atoms with Crippen LogP contribution in [-0.4, -0.2) is 41.8 Å². The molecule has 2 fully saturated rings. The van der Waals surface area contributed by atoms with Crippen LogP contribution in [-0.2, 0) is 0 Å². The van der Waals surface area contributed by atoms with Crippen LogP contribution in [0.3, 0.4) is 0 Å². The zero-order chi connectivity index (χ0) is 13.1. The third kappa shape index (κ3) is 2.94. The van der Waals surface area contributed by atoms with Gasteiger partial charge in [0.05, 0.1) is 0 Å². The van der Waals surface area contributed by atoms with Gasteiger partial charge in [-0.3, -0.25) is 0 Å². The fourth-order valence-electron chi connectivity index (χ4n) is 3.61. The number of aliphatic hydroxyl groups excluding tert-OH is 1. The summed E-state index contributed by atoms with van der Waals surface area (Å²) in [5.41, 5.74) is 0. The zero-order valence-electron chi connectivity index (χ0n) is 11.2. The smallest absolute Gasteiger partial charge is 0.315 e. The van der Waals surface area contributed by atoms with E-state index in [1.807, 2.05) is 13.2 Å². The number of nitrogens with one attached hydrogen (secondary N) is 2. The molecule has 18 heavy (non-hydrogen) atoms. The Morgan fingerprint density at radius 2 is 2.17 bits per heavy atom. The molecule has 4 nitrogen and oxygen atoms in total. The maximum Gasteiger partial charge on any atom is 0.315 e. The van der Waals surface area contributed by atoms with Crippen LogP contribution in [0.15, 0.2) is 0 Å². The number of aliphatic hydroxyl groups is 1. The highest BCUT2D eigenvalue weighted by Crippen LogP contribution is 2.48. The molecule has 0 heterocycles. The highest BCUT2D eigenvalue weighted by atomic mass is 32.2. The topological polar surface area (TPSA) is 61.4 Å². The van der Waals surface area contributed by atoms with Gasteiger partial charge in [0.15, 0.2) is 0 Å². The number of carbonyl (C=O) groups excluding carboxylic acids is 1. The summed E-state index contributed by atoms with van der Waals surface area (Å²) in [6.07, 6.45) is 5.63. The van der Waals surface area contributed by atoms with Gasteiger partial charge in [0, 0.05) is 30.4 Å². The molecule has 0 radical (unpaired) electrons. The lowest BCUT2D eigenvalue weighted by atomic mass is 9.85. The van der Waals surface area contributed by atoms with Crippen LogP contribution in [0.5, 0.6) is 0 Å². The molecule has 3 N–H and O–H groups in total. The van der Waals surface area contributed by atoms with Crippen molar-refractivity contribution in [1.29, 1.82) is 0 Å². The van der Waals surface area contributed by atoms with Crippen LogP contribution in [0.4, 0.5) is 4.79 Å². The van der Waals surface area contributed by atoms with E-state index >= 15 is 0 Å². The summed E-state index contributed by atoms with van der Waals surface area (Å²) in [7, 11) is 0. The number of hydrogen-bond donors (Lipinski definition) is 3. The molecule has 0 aromatic heterocycles. The predicted octanol–water partition coefficient (Wildman–Crippen LogP) is 1.44. The van der Waals surface area contributed by atoms with E-state index in [0.29, 0.717) is 11.8 Å². The molecule has 0 aromatic rings. The lowest BCUT2D eigenvalue weighted by molar-refractivity contribution is 0.144. The number of urea groups is 1. The molecule has 2 aliphatic rings. The molecule has 2 bridgehead atoms. The lowest BCUT2D eigenvalue weighted by Crippen LogP contribution is -2.51. The third-order valence-corrected chi connectivity index (χ3v) is 5.22. The van der Waals surface area contributed by atoms with Crippen LogP contribution in [0.2, 0.25) is 0 Å². The molecule has 2 aliphatic carbocycles. The van der Waals surface area contributed by atoms with Crippen LogP contribution in [0.25, 0.3) is 0 Å². The Kier molecular flexibility index (Phi) is 4.78. The summed E-state index contributed by atoms with van der Waals surface area (Å²) in [4.78, 5) is 11.9. The van der Waals surface area contributed by atoms with Crippen LogP contribution in [0.1, 0.15) is 26.2 Å². The predicted molar refractivity (Wildman–Crippen MR) is 74.7 cm³/mol. The van der Waals surface area contributed by atoms with Crippen molar-refractivity contribution in [3.05, 3.63) is 0 Å². The SMILES string of the molecule is CSCC(C)NC(=O)NC1C2CCC(C2)C1CO. The van der Waals surface area contributed by atoms with Gasteiger partial charge in [-0.05, 0) is 44.3 Å². The first-order chi connectivity index (χ1) is 8.65. The fourth-order valence-corrected chi connectivity index (χ4v) is 4.19. The molecular formula is C13H24N2O2S. The van der Waals surface area contributed by atoms with Gasteiger partial charge >= 0.3 is 6.03 Å². The third-order valence-electron chi connectivity index (χ3n) is 4.39. The minimum Gasteiger partial charge on any atom is -0.396 e. The molecule has 0 aromatic carbocycles.